The van der Waals surface area contributed by atoms with Crippen LogP contribution in [0.3, 0.4) is 0 Å². The number of hydrogen-bond donors (Lipinski definition) is 3. The van der Waals surface area contributed by atoms with Gasteiger partial charge in [0.25, 0.3) is 0 Å². The van der Waals surface area contributed by atoms with Crippen molar-refractivity contribution >= 4 is 190 Å². The third kappa shape index (κ3) is 16.4. The van der Waals surface area contributed by atoms with Crippen molar-refractivity contribution in [1.29, 1.82) is 0 Å². The van der Waals surface area contributed by atoms with Gasteiger partial charge >= 0.3 is 6.15 Å². The molecule has 490 valence electrons. The lowest BCUT2D eigenvalue weighted by Crippen LogP contribution is -2.09. The molecule has 18 aromatic rings. The molecule has 0 radical (unpaired) electrons. The van der Waals surface area contributed by atoms with Gasteiger partial charge in [-0.15, -0.1) is 35.3 Å². The van der Waals surface area contributed by atoms with Crippen molar-refractivity contribution in [2.75, 3.05) is 15.5 Å². The van der Waals surface area contributed by atoms with E-state index in [0.717, 1.165) is 86.2 Å². The second-order valence-electron chi connectivity index (χ2n) is 22.6. The Morgan fingerprint density at radius 3 is 1.28 bits per heavy atom. The first-order valence-electron chi connectivity index (χ1n) is 31.9. The molecule has 7 heterocycles. The fraction of sp³-hybridized carbons (Fsp3) is 0. The number of para-hydroxylation sites is 6. The van der Waals surface area contributed by atoms with Gasteiger partial charge in [-0.1, -0.05) is 140 Å². The van der Waals surface area contributed by atoms with Crippen molar-refractivity contribution in [2.24, 2.45) is 0 Å². The Hall–Kier alpha value is -11.2. The summed E-state index contributed by atoms with van der Waals surface area (Å²) in [6.07, 6.45) is 10.8. The minimum atomic E-state index is 0.250. The molecule has 0 amide bonds. The number of thiazole rings is 2. The van der Waals surface area contributed by atoms with E-state index in [-0.39, 0.29) is 6.15 Å². The quantitative estimate of drug-likeness (QED) is 0.0941. The molecule has 0 aliphatic rings. The molecule has 0 saturated heterocycles. The molecule has 0 saturated carbocycles. The molecule has 0 unspecified atom stereocenters. The van der Waals surface area contributed by atoms with Gasteiger partial charge < -0.3 is 25.1 Å². The monoisotopic (exact) mass is 1590 g/mol. The Balaban J connectivity index is 0.000000129. The minimum absolute atomic E-state index is 0.250. The molecule has 101 heavy (non-hydrogen) atoms. The number of anilines is 7. The number of nitrogen functional groups attached to an aromatic ring is 1. The van der Waals surface area contributed by atoms with E-state index >= 15 is 0 Å². The first-order chi connectivity index (χ1) is 49.7. The number of nitrogens with zero attached hydrogens (tertiary/aromatic N) is 8. The summed E-state index contributed by atoms with van der Waals surface area (Å²) >= 11 is 11.9. The Kier molecular flexibility index (Phi) is 22.4. The summed E-state index contributed by atoms with van der Waals surface area (Å²) in [5.41, 5.74) is 23.0. The third-order valence-corrected chi connectivity index (χ3v) is 20.1. The van der Waals surface area contributed by atoms with Gasteiger partial charge in [0.15, 0.2) is 0 Å². The van der Waals surface area contributed by atoms with Crippen molar-refractivity contribution < 1.29 is 9.59 Å². The molecular weight excluding hydrogens is 1530 g/mol. The molecule has 17 heteroatoms. The third-order valence-electron chi connectivity index (χ3n) is 16.1. The number of aromatic amines is 1. The van der Waals surface area contributed by atoms with Crippen LogP contribution in [0, 0.1) is 7.14 Å². The number of nitrogens with two attached hydrogens (primary N) is 1. The van der Waals surface area contributed by atoms with Crippen molar-refractivity contribution in [3.8, 4) is 26.8 Å². The molecule has 0 atom stereocenters. The average Bonchev–Trinajstić information content (AvgIpc) is 1.60. The summed E-state index contributed by atoms with van der Waals surface area (Å²) in [6, 6.07) is 106. The fourth-order valence-electron chi connectivity index (χ4n) is 11.5. The van der Waals surface area contributed by atoms with Crippen LogP contribution in [0.15, 0.2) is 345 Å². The number of H-pyrrole nitrogens is 1. The summed E-state index contributed by atoms with van der Waals surface area (Å²) in [7, 11) is 0. The maximum Gasteiger partial charge on any atom is 0.373 e. The Labute approximate surface area is 623 Å². The lowest BCUT2D eigenvalue weighted by molar-refractivity contribution is -0.191. The van der Waals surface area contributed by atoms with Crippen LogP contribution >= 0.6 is 80.5 Å². The number of halogens is 2. The fourth-order valence-corrected chi connectivity index (χ4v) is 14.3. The molecule has 12 nitrogen and oxygen atoms in total. The van der Waals surface area contributed by atoms with E-state index in [2.05, 4.69) is 364 Å². The standard InChI is InChI=1S/C36H24N4S.C24H18N2.C12H7IN2S.C6H5I.C5H6N2S.CO2/c1-3-9-26(10-4-1)39(27-11-5-2-6-12-27)29-19-20-34-31(23-29)30-13-7-8-14-33(30)40(34)28-17-15-25(16-18-28)36-38-32-21-22-37-24-35(32)41-36;1-3-9-18(10-4-1)26(19-11-5-2-6-12-19)20-15-16-24-22(17-20)21-13-7-8-14-23(21)25-24;13-9-3-1-8(2-4-9)12-15-10-5-6-14-7-11(10)16-12;7-6-4-2-1-3-5-6;6-4-1-2-7-3-5(4)8;2-1-3/h1-24H;1-17,25H;1-7H;1-5H;1-3,8H,(H2,6,7);. The van der Waals surface area contributed by atoms with Crippen LogP contribution in [0.1, 0.15) is 0 Å². The molecular formula is C84H60I2N10O2S3. The highest BCUT2D eigenvalue weighted by atomic mass is 127. The van der Waals surface area contributed by atoms with Crippen molar-refractivity contribution in [1.82, 2.24) is 34.5 Å². The summed E-state index contributed by atoms with van der Waals surface area (Å²) in [6.45, 7) is 0. The maximum atomic E-state index is 8.12. The first kappa shape index (κ1) is 68.4. The van der Waals surface area contributed by atoms with Crippen molar-refractivity contribution in [3.05, 3.63) is 348 Å². The number of carbonyl (C=O) groups excluding carboxylic acids is 2. The highest BCUT2D eigenvalue weighted by Gasteiger charge is 2.19. The Morgan fingerprint density at radius 2 is 0.802 bits per heavy atom. The van der Waals surface area contributed by atoms with Crippen LogP contribution in [-0.4, -0.2) is 40.6 Å². The average molecular weight is 1590 g/mol. The zero-order chi connectivity index (χ0) is 69.3. The van der Waals surface area contributed by atoms with Gasteiger partial charge in [0.1, 0.15) is 10.0 Å². The number of pyridine rings is 3. The first-order valence-corrected chi connectivity index (χ1v) is 36.1. The van der Waals surface area contributed by atoms with E-state index in [9.17, 15) is 0 Å². The van der Waals surface area contributed by atoms with E-state index in [0.29, 0.717) is 5.69 Å². The SMILES string of the molecule is Ic1ccc(-c2nc3ccncc3s2)cc1.Ic1ccccc1.Nc1ccncc1S.O=C=O.c1ccc(N(c2ccccc2)c2ccc3[nH]c4ccccc4c3c2)cc1.c1ccc(N(c2ccccc2)c2ccc3c(c2)c2ccccc2n3-c2ccc(-c3nc4ccncc4s3)cc2)cc1. The molecule has 11 aromatic carbocycles. The molecule has 0 fully saturated rings. The van der Waals surface area contributed by atoms with Gasteiger partial charge in [-0.2, -0.15) is 9.59 Å². The smallest absolute Gasteiger partial charge is 0.373 e. The second kappa shape index (κ2) is 33.1. The van der Waals surface area contributed by atoms with Gasteiger partial charge in [0.05, 0.1) is 31.5 Å². The van der Waals surface area contributed by atoms with E-state index in [1.54, 1.807) is 53.5 Å². The van der Waals surface area contributed by atoms with E-state index in [1.807, 2.05) is 42.7 Å². The van der Waals surface area contributed by atoms with Crippen molar-refractivity contribution in [3.63, 3.8) is 0 Å². The Bertz CT molecular complexity index is 5600. The molecule has 0 aliphatic carbocycles. The summed E-state index contributed by atoms with van der Waals surface area (Å²) in [5, 5.41) is 7.01. The summed E-state index contributed by atoms with van der Waals surface area (Å²) in [5.74, 6) is 0. The van der Waals surface area contributed by atoms with Crippen LogP contribution in [-0.2, 0) is 9.59 Å². The number of hydrogen-bond acceptors (Lipinski definition) is 13. The summed E-state index contributed by atoms with van der Waals surface area (Å²) in [4.78, 5) is 46.6. The van der Waals surface area contributed by atoms with Crippen LogP contribution < -0.4 is 15.5 Å². The van der Waals surface area contributed by atoms with Gasteiger partial charge in [-0.25, -0.2) is 9.97 Å². The zero-order valence-electron chi connectivity index (χ0n) is 53.8. The number of benzene rings is 11. The highest BCUT2D eigenvalue weighted by Crippen LogP contribution is 2.42. The number of fused-ring (bicyclic) bond motifs is 8. The normalized spacial score (nSPS) is 10.6. The second-order valence-corrected chi connectivity index (χ2v) is 27.6. The minimum Gasteiger partial charge on any atom is -0.398 e. The molecule has 0 aliphatic heterocycles. The van der Waals surface area contributed by atoms with Crippen LogP contribution in [0.4, 0.5) is 39.8 Å². The van der Waals surface area contributed by atoms with E-state index in [1.165, 1.54) is 50.8 Å². The molecule has 7 aromatic heterocycles. The van der Waals surface area contributed by atoms with Crippen LogP contribution in [0.5, 0.6) is 0 Å². The van der Waals surface area contributed by atoms with Gasteiger partial charge in [0, 0.05) is 138 Å². The maximum absolute atomic E-state index is 8.12. The number of thiol groups is 1. The lowest BCUT2D eigenvalue weighted by Gasteiger charge is -2.25. The molecule has 18 rings (SSSR count). The van der Waals surface area contributed by atoms with Gasteiger partial charge in [-0.3, -0.25) is 15.0 Å². The van der Waals surface area contributed by atoms with E-state index in [4.69, 9.17) is 20.3 Å². The molecule has 3 N–H and O–H groups in total. The topological polar surface area (TPSA) is 152 Å². The number of nitrogens with one attached hydrogen (secondary N) is 1. The lowest BCUT2D eigenvalue weighted by atomic mass is 10.1. The summed E-state index contributed by atoms with van der Waals surface area (Å²) < 4.78 is 7.13. The number of aromatic nitrogens is 7. The largest absolute Gasteiger partial charge is 0.398 e. The predicted molar refractivity (Wildman–Crippen MR) is 438 cm³/mol. The zero-order valence-corrected chi connectivity index (χ0v) is 60.7. The van der Waals surface area contributed by atoms with Gasteiger partial charge in [-0.05, 0) is 209 Å². The predicted octanol–water partition coefficient (Wildman–Crippen LogP) is 23.3. The molecule has 0 spiro atoms. The highest BCUT2D eigenvalue weighted by molar-refractivity contribution is 14.1. The van der Waals surface area contributed by atoms with E-state index < -0.39 is 0 Å². The van der Waals surface area contributed by atoms with Crippen LogP contribution in [0.25, 0.3) is 90.9 Å². The Morgan fingerprint density at radius 1 is 0.396 bits per heavy atom. The van der Waals surface area contributed by atoms with Crippen LogP contribution in [0.2, 0.25) is 0 Å². The van der Waals surface area contributed by atoms with Crippen molar-refractivity contribution in [2.45, 2.75) is 4.90 Å². The van der Waals surface area contributed by atoms with Gasteiger partial charge in [0.2, 0.25) is 0 Å². The number of rotatable bonds is 9. The molecule has 0 bridgehead atoms.